The molecule has 0 bridgehead atoms. The van der Waals surface area contributed by atoms with Crippen molar-refractivity contribution < 1.29 is 13.9 Å². The minimum atomic E-state index is -1.56. The fraction of sp³-hybridized carbons (Fsp3) is 0.130. The van der Waals surface area contributed by atoms with Gasteiger partial charge in [-0.3, -0.25) is 4.79 Å². The fourth-order valence-electron chi connectivity index (χ4n) is 4.48. The monoisotopic (exact) mass is 419 g/mol. The first kappa shape index (κ1) is 17.5. The van der Waals surface area contributed by atoms with Crippen molar-refractivity contribution in [2.75, 3.05) is 5.32 Å². The third kappa shape index (κ3) is 2.28. The number of anilines is 1. The van der Waals surface area contributed by atoms with Crippen molar-refractivity contribution in [3.05, 3.63) is 94.3 Å². The number of hydrogen-bond donors (Lipinski definition) is 1. The number of hydrazone groups is 1. The summed E-state index contributed by atoms with van der Waals surface area (Å²) in [4.78, 5) is 13.3. The van der Waals surface area contributed by atoms with Crippen LogP contribution in [0.2, 0.25) is 5.02 Å². The fourth-order valence-corrected chi connectivity index (χ4v) is 4.60. The molecule has 0 unspecified atom stereocenters. The summed E-state index contributed by atoms with van der Waals surface area (Å²) in [5, 5.41) is 9.97. The van der Waals surface area contributed by atoms with Gasteiger partial charge in [0.2, 0.25) is 0 Å². The highest BCUT2D eigenvalue weighted by Crippen LogP contribution is 2.54. The molecule has 1 amide bonds. The van der Waals surface area contributed by atoms with Gasteiger partial charge in [0.05, 0.1) is 23.0 Å². The Balaban J connectivity index is 1.57. The minimum Gasteiger partial charge on any atom is -0.453 e. The van der Waals surface area contributed by atoms with Crippen LogP contribution in [0.4, 0.5) is 10.1 Å². The Morgan fingerprint density at radius 2 is 1.93 bits per heavy atom. The maximum atomic E-state index is 14.2. The molecular formula is C23H15ClFN3O2. The Bertz CT molecular complexity index is 1240. The third-order valence-corrected chi connectivity index (χ3v) is 6.10. The molecule has 5 nitrogen and oxygen atoms in total. The van der Waals surface area contributed by atoms with E-state index >= 15 is 0 Å². The molecule has 3 aromatic rings. The predicted molar refractivity (Wildman–Crippen MR) is 111 cm³/mol. The second-order valence-corrected chi connectivity index (χ2v) is 7.98. The van der Waals surface area contributed by atoms with Crippen molar-refractivity contribution in [1.82, 2.24) is 5.01 Å². The number of benzene rings is 3. The summed E-state index contributed by atoms with van der Waals surface area (Å²) in [5.41, 5.74) is 2.05. The van der Waals surface area contributed by atoms with Gasteiger partial charge >= 0.3 is 5.72 Å². The van der Waals surface area contributed by atoms with E-state index < -0.39 is 11.5 Å². The van der Waals surface area contributed by atoms with E-state index in [4.69, 9.17) is 21.4 Å². The van der Waals surface area contributed by atoms with E-state index in [9.17, 15) is 9.18 Å². The van der Waals surface area contributed by atoms with Crippen molar-refractivity contribution in [3.8, 4) is 5.75 Å². The number of amides is 1. The quantitative estimate of drug-likeness (QED) is 0.614. The first-order chi connectivity index (χ1) is 14.6. The molecule has 6 rings (SSSR count). The molecule has 3 aliphatic heterocycles. The molecule has 1 N–H and O–H groups in total. The average Bonchev–Trinajstić information content (AvgIpc) is 3.30. The number of para-hydroxylation sites is 1. The van der Waals surface area contributed by atoms with Crippen LogP contribution in [0.15, 0.2) is 71.8 Å². The van der Waals surface area contributed by atoms with Crippen LogP contribution in [-0.4, -0.2) is 16.6 Å². The predicted octanol–water partition coefficient (Wildman–Crippen LogP) is 4.83. The van der Waals surface area contributed by atoms with Crippen LogP contribution in [0.5, 0.6) is 5.75 Å². The van der Waals surface area contributed by atoms with Gasteiger partial charge in [0.1, 0.15) is 11.6 Å². The zero-order chi connectivity index (χ0) is 20.5. The molecule has 30 heavy (non-hydrogen) atoms. The van der Waals surface area contributed by atoms with E-state index in [1.165, 1.54) is 12.1 Å². The number of nitrogens with zero attached hydrogens (tertiary/aromatic N) is 2. The van der Waals surface area contributed by atoms with Gasteiger partial charge in [-0.1, -0.05) is 41.9 Å². The van der Waals surface area contributed by atoms with Crippen molar-refractivity contribution >= 4 is 28.9 Å². The van der Waals surface area contributed by atoms with Gasteiger partial charge in [0, 0.05) is 17.0 Å². The van der Waals surface area contributed by atoms with Gasteiger partial charge in [0.15, 0.2) is 0 Å². The molecule has 2 atom stereocenters. The highest BCUT2D eigenvalue weighted by molar-refractivity contribution is 6.30. The smallest absolute Gasteiger partial charge is 0.306 e. The number of fused-ring (bicyclic) bond motifs is 6. The normalized spacial score (nSPS) is 23.4. The van der Waals surface area contributed by atoms with Gasteiger partial charge in [-0.05, 0) is 42.0 Å². The molecule has 148 valence electrons. The van der Waals surface area contributed by atoms with Gasteiger partial charge in [-0.25, -0.2) is 9.40 Å². The Morgan fingerprint density at radius 3 is 2.77 bits per heavy atom. The molecule has 0 radical (unpaired) electrons. The Labute approximate surface area is 176 Å². The van der Waals surface area contributed by atoms with E-state index in [1.807, 2.05) is 48.5 Å². The van der Waals surface area contributed by atoms with Crippen LogP contribution in [-0.2, 0) is 10.5 Å². The standard InChI is InChI=1S/C23H15ClFN3O2/c24-14-7-5-13(6-8-14)19-12-20-16-3-1-2-4-21(16)30-23(28(20)27-19)17-11-15(25)9-10-18(17)26-22(23)29/h1-11,20H,12H2,(H,26,29)/t20-,23-/m0/s1. The summed E-state index contributed by atoms with van der Waals surface area (Å²) in [6.45, 7) is 0. The van der Waals surface area contributed by atoms with Crippen molar-refractivity contribution in [2.45, 2.75) is 18.2 Å². The number of carbonyl (C=O) groups excluding carboxylic acids is 1. The van der Waals surface area contributed by atoms with Crippen LogP contribution in [0, 0.1) is 5.82 Å². The molecular weight excluding hydrogens is 405 g/mol. The number of ether oxygens (including phenoxy) is 1. The van der Waals surface area contributed by atoms with E-state index in [1.54, 1.807) is 11.1 Å². The first-order valence-electron chi connectivity index (χ1n) is 9.58. The summed E-state index contributed by atoms with van der Waals surface area (Å²) in [5.74, 6) is -0.230. The van der Waals surface area contributed by atoms with Crippen LogP contribution >= 0.6 is 11.6 Å². The first-order valence-corrected chi connectivity index (χ1v) is 9.96. The van der Waals surface area contributed by atoms with Gasteiger partial charge < -0.3 is 10.1 Å². The number of nitrogens with one attached hydrogen (secondary N) is 1. The van der Waals surface area contributed by atoms with E-state index in [0.717, 1.165) is 16.8 Å². The van der Waals surface area contributed by atoms with Crippen LogP contribution in [0.3, 0.4) is 0 Å². The largest absolute Gasteiger partial charge is 0.453 e. The average molecular weight is 420 g/mol. The van der Waals surface area contributed by atoms with Crippen LogP contribution in [0.1, 0.15) is 29.2 Å². The minimum absolute atomic E-state index is 0.222. The molecule has 0 aromatic heterocycles. The van der Waals surface area contributed by atoms with Crippen molar-refractivity contribution in [1.29, 1.82) is 0 Å². The summed E-state index contributed by atoms with van der Waals surface area (Å²) >= 11 is 6.04. The lowest BCUT2D eigenvalue weighted by atomic mass is 9.92. The van der Waals surface area contributed by atoms with Crippen molar-refractivity contribution in [2.24, 2.45) is 5.10 Å². The lowest BCUT2D eigenvalue weighted by Crippen LogP contribution is -2.55. The SMILES string of the molecule is O=C1Nc2ccc(F)cc2[C@]12Oc1ccccc1[C@@H]1CC(c3ccc(Cl)cc3)=NN12. The summed E-state index contributed by atoms with van der Waals surface area (Å²) < 4.78 is 20.5. The summed E-state index contributed by atoms with van der Waals surface area (Å²) in [6, 6.07) is 19.0. The summed E-state index contributed by atoms with van der Waals surface area (Å²) in [7, 11) is 0. The molecule has 3 heterocycles. The van der Waals surface area contributed by atoms with E-state index in [2.05, 4.69) is 5.32 Å². The number of rotatable bonds is 1. The molecule has 0 saturated heterocycles. The lowest BCUT2D eigenvalue weighted by Gasteiger charge is -2.43. The molecule has 3 aromatic carbocycles. The highest BCUT2D eigenvalue weighted by Gasteiger charge is 2.61. The van der Waals surface area contributed by atoms with Gasteiger partial charge in [-0.2, -0.15) is 5.10 Å². The lowest BCUT2D eigenvalue weighted by molar-refractivity contribution is -0.161. The van der Waals surface area contributed by atoms with Gasteiger partial charge in [-0.15, -0.1) is 0 Å². The second-order valence-electron chi connectivity index (χ2n) is 7.55. The van der Waals surface area contributed by atoms with Crippen molar-refractivity contribution in [3.63, 3.8) is 0 Å². The molecule has 3 aliphatic rings. The molecule has 0 fully saturated rings. The summed E-state index contributed by atoms with van der Waals surface area (Å²) in [6.07, 6.45) is 0.585. The molecule has 0 aliphatic carbocycles. The number of carbonyl (C=O) groups is 1. The highest BCUT2D eigenvalue weighted by atomic mass is 35.5. The third-order valence-electron chi connectivity index (χ3n) is 5.85. The maximum absolute atomic E-state index is 14.2. The van der Waals surface area contributed by atoms with Crippen LogP contribution < -0.4 is 10.1 Å². The Morgan fingerprint density at radius 1 is 1.13 bits per heavy atom. The molecule has 1 spiro atoms. The zero-order valence-electron chi connectivity index (χ0n) is 15.6. The second kappa shape index (κ2) is 6.06. The number of hydrogen-bond acceptors (Lipinski definition) is 4. The maximum Gasteiger partial charge on any atom is 0.306 e. The van der Waals surface area contributed by atoms with E-state index in [-0.39, 0.29) is 11.9 Å². The Hall–Kier alpha value is -3.38. The molecule has 0 saturated carbocycles. The topological polar surface area (TPSA) is 53.9 Å². The number of halogens is 2. The zero-order valence-corrected chi connectivity index (χ0v) is 16.4. The van der Waals surface area contributed by atoms with E-state index in [0.29, 0.717) is 28.4 Å². The Kier molecular flexibility index (Phi) is 3.53. The molecule has 7 heteroatoms. The van der Waals surface area contributed by atoms with Crippen LogP contribution in [0.25, 0.3) is 0 Å². The van der Waals surface area contributed by atoms with Gasteiger partial charge in [0.25, 0.3) is 5.91 Å².